The maximum absolute atomic E-state index is 9.80. The summed E-state index contributed by atoms with van der Waals surface area (Å²) in [7, 11) is 0. The molecule has 0 fully saturated rings. The number of thiophene rings is 1. The standard InChI is InChI=1S/C46H28BN3S/c1-3-16-30(17-4-1)43-35-23-11-13-25-38(35)48-46(49-43)50-44-40(33-21-9-10-22-34(33)45-41(44)36-24-12-14-26-39(36)51-45)37-28-27-29-15-7-8-20-32(29)42(37)47(50)31-18-5-2-6-19-31/h1-28H/i28D. The molecule has 0 saturated carbocycles. The van der Waals surface area contributed by atoms with Crippen molar-refractivity contribution >= 4 is 93.4 Å². The summed E-state index contributed by atoms with van der Waals surface area (Å²) in [6.45, 7) is -0.327. The van der Waals surface area contributed by atoms with Gasteiger partial charge in [0.2, 0.25) is 5.95 Å². The number of fused-ring (bicyclic) bond motifs is 13. The van der Waals surface area contributed by atoms with Crippen LogP contribution in [0.2, 0.25) is 0 Å². The van der Waals surface area contributed by atoms with Crippen molar-refractivity contribution in [2.45, 2.75) is 0 Å². The molecule has 3 nitrogen and oxygen atoms in total. The summed E-state index contributed by atoms with van der Waals surface area (Å²) >= 11 is 1.83. The van der Waals surface area contributed by atoms with Crippen LogP contribution in [0.3, 0.4) is 0 Å². The lowest BCUT2D eigenvalue weighted by molar-refractivity contribution is 1.16. The number of hydrogen-bond donors (Lipinski definition) is 0. The summed E-state index contributed by atoms with van der Waals surface area (Å²) in [6.07, 6.45) is 0. The van der Waals surface area contributed by atoms with Crippen molar-refractivity contribution < 1.29 is 1.37 Å². The molecule has 0 N–H and O–H groups in total. The fourth-order valence-corrected chi connectivity index (χ4v) is 9.49. The summed E-state index contributed by atoms with van der Waals surface area (Å²) in [5, 5.41) is 7.87. The maximum atomic E-state index is 9.80. The van der Waals surface area contributed by atoms with E-state index in [9.17, 15) is 1.37 Å². The van der Waals surface area contributed by atoms with Crippen molar-refractivity contribution in [3.8, 4) is 22.4 Å². The first-order valence-corrected chi connectivity index (χ1v) is 18.1. The molecule has 0 atom stereocenters. The first kappa shape index (κ1) is 27.5. The van der Waals surface area contributed by atoms with Crippen molar-refractivity contribution in [3.63, 3.8) is 0 Å². The molecule has 0 amide bonds. The van der Waals surface area contributed by atoms with E-state index in [0.29, 0.717) is 12.0 Å². The molecule has 0 spiro atoms. The third-order valence-electron chi connectivity index (χ3n) is 10.4. The Morgan fingerprint density at radius 3 is 2.04 bits per heavy atom. The molecule has 11 rings (SSSR count). The van der Waals surface area contributed by atoms with Crippen LogP contribution in [0.4, 0.5) is 11.6 Å². The molecule has 2 aromatic heterocycles. The Bertz CT molecular complexity index is 3050. The molecule has 10 aromatic rings. The van der Waals surface area contributed by atoms with Crippen molar-refractivity contribution in [2.75, 3.05) is 4.81 Å². The molecule has 0 radical (unpaired) electrons. The molecule has 5 heteroatoms. The first-order chi connectivity index (χ1) is 25.7. The van der Waals surface area contributed by atoms with Gasteiger partial charge in [-0.25, -0.2) is 9.97 Å². The SMILES string of the molecule is [2H]c1cc2ccccc2c2c1-c1c(c3c4ccccc4sc3c3ccccc13)N(c1nc(-c3ccccc3)c3ccccc3n1)B2c1ccccc1. The average molecular weight is 667 g/mol. The van der Waals surface area contributed by atoms with Gasteiger partial charge in [0.15, 0.2) is 0 Å². The predicted octanol–water partition coefficient (Wildman–Crippen LogP) is 10.9. The smallest absolute Gasteiger partial charge is 0.332 e. The Kier molecular flexibility index (Phi) is 5.99. The first-order valence-electron chi connectivity index (χ1n) is 17.8. The van der Waals surface area contributed by atoms with Gasteiger partial charge in [-0.05, 0) is 39.3 Å². The summed E-state index contributed by atoms with van der Waals surface area (Å²) in [5.74, 6) is 0.629. The zero-order valence-electron chi connectivity index (χ0n) is 28.4. The molecule has 8 aromatic carbocycles. The third kappa shape index (κ3) is 4.19. The molecule has 0 unspecified atom stereocenters. The van der Waals surface area contributed by atoms with Crippen molar-refractivity contribution in [1.29, 1.82) is 0 Å². The van der Waals surface area contributed by atoms with Gasteiger partial charge >= 0.3 is 6.85 Å². The molecule has 1 aliphatic heterocycles. The van der Waals surface area contributed by atoms with Crippen LogP contribution < -0.4 is 15.7 Å². The monoisotopic (exact) mass is 666 g/mol. The van der Waals surface area contributed by atoms with Crippen molar-refractivity contribution in [2.24, 2.45) is 0 Å². The fraction of sp³-hybridized carbons (Fsp3) is 0. The molecular formula is C46H28BN3S. The number of benzene rings is 8. The van der Waals surface area contributed by atoms with Gasteiger partial charge in [-0.1, -0.05) is 163 Å². The second kappa shape index (κ2) is 11.1. The largest absolute Gasteiger partial charge is 0.345 e. The zero-order valence-corrected chi connectivity index (χ0v) is 28.2. The van der Waals surface area contributed by atoms with Crippen LogP contribution in [0.1, 0.15) is 1.37 Å². The number of aromatic nitrogens is 2. The minimum Gasteiger partial charge on any atom is -0.345 e. The van der Waals surface area contributed by atoms with Gasteiger partial charge in [0.25, 0.3) is 0 Å². The second-order valence-electron chi connectivity index (χ2n) is 13.2. The zero-order chi connectivity index (χ0) is 34.3. The minimum atomic E-state index is -0.327. The topological polar surface area (TPSA) is 29.0 Å². The number of anilines is 2. The number of para-hydroxylation sites is 1. The van der Waals surface area contributed by atoms with Gasteiger partial charge in [0.05, 0.1) is 12.6 Å². The Balaban J connectivity index is 1.40. The average Bonchev–Trinajstić information content (AvgIpc) is 3.60. The van der Waals surface area contributed by atoms with Crippen molar-refractivity contribution in [1.82, 2.24) is 9.97 Å². The number of hydrogen-bond acceptors (Lipinski definition) is 4. The van der Waals surface area contributed by atoms with E-state index < -0.39 is 0 Å². The highest BCUT2D eigenvalue weighted by Gasteiger charge is 2.42. The summed E-state index contributed by atoms with van der Waals surface area (Å²) in [6, 6.07) is 58.0. The molecule has 0 saturated heterocycles. The van der Waals surface area contributed by atoms with Gasteiger partial charge in [0.1, 0.15) is 0 Å². The van der Waals surface area contributed by atoms with Crippen molar-refractivity contribution in [3.05, 3.63) is 170 Å². The van der Waals surface area contributed by atoms with Gasteiger partial charge in [0, 0.05) is 47.8 Å². The Hall–Kier alpha value is -6.30. The number of nitrogens with zero attached hydrogens (tertiary/aromatic N) is 3. The van der Waals surface area contributed by atoms with Gasteiger partial charge in [-0.3, -0.25) is 0 Å². The molecule has 236 valence electrons. The fourth-order valence-electron chi connectivity index (χ4n) is 8.25. The van der Waals surface area contributed by atoms with Crippen LogP contribution in [0.25, 0.3) is 75.0 Å². The van der Waals surface area contributed by atoms with Crippen LogP contribution >= 0.6 is 11.3 Å². The Labute approximate surface area is 300 Å². The van der Waals surface area contributed by atoms with Crippen LogP contribution in [0.15, 0.2) is 170 Å². The molecule has 51 heavy (non-hydrogen) atoms. The molecule has 1 aliphatic rings. The van der Waals surface area contributed by atoms with Crippen LogP contribution in [-0.2, 0) is 0 Å². The maximum Gasteiger partial charge on any atom is 0.332 e. The van der Waals surface area contributed by atoms with E-state index >= 15 is 0 Å². The highest BCUT2D eigenvalue weighted by molar-refractivity contribution is 7.27. The summed E-state index contributed by atoms with van der Waals surface area (Å²) in [4.78, 5) is 13.4. The highest BCUT2D eigenvalue weighted by Crippen LogP contribution is 2.53. The van der Waals surface area contributed by atoms with Crippen LogP contribution in [0.5, 0.6) is 0 Å². The van der Waals surface area contributed by atoms with Crippen LogP contribution in [-0.4, -0.2) is 16.8 Å². The highest BCUT2D eigenvalue weighted by atomic mass is 32.1. The molecule has 0 aliphatic carbocycles. The predicted molar refractivity (Wildman–Crippen MR) is 218 cm³/mol. The minimum absolute atomic E-state index is 0.327. The van der Waals surface area contributed by atoms with Gasteiger partial charge in [-0.2, -0.15) is 0 Å². The lowest BCUT2D eigenvalue weighted by Gasteiger charge is -2.39. The van der Waals surface area contributed by atoms with E-state index in [1.165, 1.54) is 25.6 Å². The summed E-state index contributed by atoms with van der Waals surface area (Å²) < 4.78 is 12.3. The third-order valence-corrected chi connectivity index (χ3v) is 11.6. The van der Waals surface area contributed by atoms with E-state index in [4.69, 9.17) is 9.97 Å². The van der Waals surface area contributed by atoms with E-state index in [1.807, 2.05) is 23.5 Å². The quantitative estimate of drug-likeness (QED) is 0.176. The normalized spacial score (nSPS) is 12.9. The second-order valence-corrected chi connectivity index (χ2v) is 14.2. The van der Waals surface area contributed by atoms with Gasteiger partial charge < -0.3 is 4.81 Å². The Morgan fingerprint density at radius 2 is 1.22 bits per heavy atom. The molecule has 0 bridgehead atoms. The summed E-state index contributed by atoms with van der Waals surface area (Å²) in [5.41, 5.74) is 8.11. The van der Waals surface area contributed by atoms with Crippen LogP contribution in [0, 0.1) is 0 Å². The lowest BCUT2D eigenvalue weighted by atomic mass is 9.45. The lowest BCUT2D eigenvalue weighted by Crippen LogP contribution is -2.58. The van der Waals surface area contributed by atoms with E-state index in [0.717, 1.165) is 66.1 Å². The van der Waals surface area contributed by atoms with E-state index in [2.05, 4.69) is 156 Å². The Morgan fingerprint density at radius 1 is 0.569 bits per heavy atom. The van der Waals surface area contributed by atoms with E-state index in [1.54, 1.807) is 0 Å². The number of rotatable bonds is 3. The van der Waals surface area contributed by atoms with E-state index in [-0.39, 0.29) is 6.85 Å². The molecule has 3 heterocycles. The molecular weight excluding hydrogens is 637 g/mol. The van der Waals surface area contributed by atoms with Gasteiger partial charge in [-0.15, -0.1) is 11.3 Å².